The van der Waals surface area contributed by atoms with E-state index >= 15 is 0 Å². The number of methoxy groups -OCH3 is 1. The number of halogens is 2. The summed E-state index contributed by atoms with van der Waals surface area (Å²) in [5.41, 5.74) is 1.87. The van der Waals surface area contributed by atoms with E-state index in [4.69, 9.17) is 27.9 Å². The molecule has 0 radical (unpaired) electrons. The number of thiophene rings is 1. The van der Waals surface area contributed by atoms with Crippen molar-refractivity contribution in [2.24, 2.45) is 0 Å². The zero-order valence-electron chi connectivity index (χ0n) is 20.6. The molecule has 0 bridgehead atoms. The number of carbonyl (C=O) groups is 2. The van der Waals surface area contributed by atoms with Crippen LogP contribution in [0.15, 0.2) is 60.7 Å². The predicted molar refractivity (Wildman–Crippen MR) is 154 cm³/mol. The van der Waals surface area contributed by atoms with E-state index in [1.807, 2.05) is 12.1 Å². The van der Waals surface area contributed by atoms with Crippen LogP contribution in [0.1, 0.15) is 20.0 Å². The van der Waals surface area contributed by atoms with Crippen molar-refractivity contribution in [3.05, 3.63) is 91.3 Å². The van der Waals surface area contributed by atoms with E-state index in [-0.39, 0.29) is 21.5 Å². The Kier molecular flexibility index (Phi) is 7.60. The summed E-state index contributed by atoms with van der Waals surface area (Å²) in [5, 5.41) is 15.3. The Morgan fingerprint density at radius 2 is 1.74 bits per heavy atom. The normalized spacial score (nSPS) is 13.4. The minimum absolute atomic E-state index is 0.0868. The fourth-order valence-electron chi connectivity index (χ4n) is 4.49. The van der Waals surface area contributed by atoms with Gasteiger partial charge in [0.15, 0.2) is 0 Å². The van der Waals surface area contributed by atoms with E-state index < -0.39 is 10.8 Å². The fraction of sp³-hybridized carbons (Fsp3) is 0.185. The van der Waals surface area contributed by atoms with Crippen molar-refractivity contribution in [1.29, 1.82) is 0 Å². The van der Waals surface area contributed by atoms with Crippen LogP contribution in [-0.2, 0) is 0 Å². The zero-order chi connectivity index (χ0) is 27.7. The van der Waals surface area contributed by atoms with Crippen molar-refractivity contribution in [3.63, 3.8) is 0 Å². The molecule has 12 heteroatoms. The Hall–Kier alpha value is -3.86. The second-order valence-corrected chi connectivity index (χ2v) is 10.6. The van der Waals surface area contributed by atoms with Gasteiger partial charge >= 0.3 is 0 Å². The van der Waals surface area contributed by atoms with Gasteiger partial charge in [-0.15, -0.1) is 11.3 Å². The maximum absolute atomic E-state index is 13.1. The van der Waals surface area contributed by atoms with Crippen molar-refractivity contribution in [1.82, 2.24) is 4.90 Å². The number of nitro groups is 1. The molecule has 39 heavy (non-hydrogen) atoms. The highest BCUT2D eigenvalue weighted by atomic mass is 35.5. The van der Waals surface area contributed by atoms with Crippen molar-refractivity contribution >= 4 is 73.5 Å². The summed E-state index contributed by atoms with van der Waals surface area (Å²) in [7, 11) is 1.52. The van der Waals surface area contributed by atoms with Crippen molar-refractivity contribution in [3.8, 4) is 5.75 Å². The van der Waals surface area contributed by atoms with Gasteiger partial charge in [0.05, 0.1) is 22.6 Å². The number of nitrogens with zero attached hydrogens (tertiary/aromatic N) is 3. The molecule has 5 rings (SSSR count). The van der Waals surface area contributed by atoms with Gasteiger partial charge < -0.3 is 19.9 Å². The van der Waals surface area contributed by atoms with Crippen LogP contribution in [0.3, 0.4) is 0 Å². The molecule has 1 aliphatic rings. The number of hydrogen-bond acceptors (Lipinski definition) is 7. The highest BCUT2D eigenvalue weighted by molar-refractivity contribution is 7.22. The Morgan fingerprint density at radius 3 is 2.41 bits per heavy atom. The number of nitro benzene ring substituents is 1. The van der Waals surface area contributed by atoms with Gasteiger partial charge in [0, 0.05) is 54.0 Å². The third kappa shape index (κ3) is 5.36. The average molecular weight is 585 g/mol. The molecule has 0 saturated carbocycles. The molecular formula is C27H22Cl2N4O5S. The number of carbonyl (C=O) groups excluding carboxylic acids is 2. The van der Waals surface area contributed by atoms with Crippen molar-refractivity contribution < 1.29 is 19.2 Å². The molecule has 3 aromatic carbocycles. The number of anilines is 2. The van der Waals surface area contributed by atoms with Crippen LogP contribution in [0, 0.1) is 10.1 Å². The quantitative estimate of drug-likeness (QED) is 0.209. The Balaban J connectivity index is 1.23. The van der Waals surface area contributed by atoms with E-state index in [0.29, 0.717) is 58.3 Å². The summed E-state index contributed by atoms with van der Waals surface area (Å²) < 4.78 is 5.69. The minimum atomic E-state index is -0.487. The lowest BCUT2D eigenvalue weighted by molar-refractivity contribution is -0.382. The molecule has 0 aliphatic carbocycles. The summed E-state index contributed by atoms with van der Waals surface area (Å²) in [6, 6.07) is 16.9. The predicted octanol–water partition coefficient (Wildman–Crippen LogP) is 6.34. The highest BCUT2D eigenvalue weighted by Crippen LogP contribution is 2.40. The Morgan fingerprint density at radius 1 is 1.03 bits per heavy atom. The van der Waals surface area contributed by atoms with Crippen LogP contribution in [0.5, 0.6) is 5.75 Å². The molecule has 200 valence electrons. The number of piperazine rings is 1. The van der Waals surface area contributed by atoms with Gasteiger partial charge in [-0.2, -0.15) is 0 Å². The maximum Gasteiger partial charge on any atom is 0.287 e. The first-order chi connectivity index (χ1) is 18.8. The molecule has 1 aromatic heterocycles. The molecule has 1 N–H and O–H groups in total. The van der Waals surface area contributed by atoms with Crippen molar-refractivity contribution in [2.75, 3.05) is 43.5 Å². The van der Waals surface area contributed by atoms with Crippen molar-refractivity contribution in [2.45, 2.75) is 0 Å². The summed E-state index contributed by atoms with van der Waals surface area (Å²) in [5.74, 6) is -0.0799. The molecule has 1 saturated heterocycles. The van der Waals surface area contributed by atoms with E-state index in [1.54, 1.807) is 47.4 Å². The van der Waals surface area contributed by atoms with E-state index in [9.17, 15) is 19.7 Å². The number of benzene rings is 3. The first-order valence-corrected chi connectivity index (χ1v) is 13.5. The molecule has 2 amide bonds. The van der Waals surface area contributed by atoms with Crippen LogP contribution >= 0.6 is 34.5 Å². The number of ether oxygens (including phenoxy) is 1. The van der Waals surface area contributed by atoms with Crippen LogP contribution in [0.4, 0.5) is 17.1 Å². The van der Waals surface area contributed by atoms with Gasteiger partial charge in [0.2, 0.25) is 0 Å². The monoisotopic (exact) mass is 584 g/mol. The zero-order valence-corrected chi connectivity index (χ0v) is 23.0. The average Bonchev–Trinajstić information content (AvgIpc) is 3.29. The number of non-ortho nitro benzene ring substituents is 1. The number of rotatable bonds is 6. The maximum atomic E-state index is 13.1. The van der Waals surface area contributed by atoms with Gasteiger partial charge in [-0.1, -0.05) is 35.3 Å². The third-order valence-corrected chi connectivity index (χ3v) is 8.45. The fourth-order valence-corrected chi connectivity index (χ4v) is 6.15. The molecular weight excluding hydrogens is 563 g/mol. The molecule has 1 aliphatic heterocycles. The van der Waals surface area contributed by atoms with E-state index in [2.05, 4.69) is 10.2 Å². The molecule has 0 spiro atoms. The third-order valence-electron chi connectivity index (χ3n) is 6.49. The van der Waals surface area contributed by atoms with Gasteiger partial charge in [-0.3, -0.25) is 19.7 Å². The Labute approximate surface area is 237 Å². The second kappa shape index (κ2) is 11.1. The molecule has 4 aromatic rings. The largest absolute Gasteiger partial charge is 0.496 e. The number of amides is 2. The molecule has 9 nitrogen and oxygen atoms in total. The highest BCUT2D eigenvalue weighted by Gasteiger charge is 2.25. The number of hydrogen-bond donors (Lipinski definition) is 1. The van der Waals surface area contributed by atoms with Crippen LogP contribution in [-0.4, -0.2) is 54.9 Å². The Bertz CT molecular complexity index is 1580. The first-order valence-electron chi connectivity index (χ1n) is 11.9. The molecule has 2 heterocycles. The standard InChI is InChI=1S/C27H22Cl2N4O5S/c1-38-22-10-5-16(28)15-20(22)27(35)32-13-11-31(12-14-32)18-8-6-17(7-9-18)30-26(34)25-23(29)19-3-2-4-21(33(36)37)24(19)39-25/h2-10,15H,11-14H2,1H3,(H,30,34). The number of fused-ring (bicyclic) bond motifs is 1. The summed E-state index contributed by atoms with van der Waals surface area (Å²) in [4.78, 5) is 41.0. The lowest BCUT2D eigenvalue weighted by atomic mass is 10.1. The SMILES string of the molecule is COc1ccc(Cl)cc1C(=O)N1CCN(c2ccc(NC(=O)c3sc4c([N+](=O)[O-])cccc4c3Cl)cc2)CC1. The lowest BCUT2D eigenvalue weighted by Crippen LogP contribution is -2.48. The molecule has 0 unspecified atom stereocenters. The molecule has 1 fully saturated rings. The van der Waals surface area contributed by atoms with Crippen LogP contribution in [0.2, 0.25) is 10.0 Å². The van der Waals surface area contributed by atoms with E-state index in [0.717, 1.165) is 17.0 Å². The lowest BCUT2D eigenvalue weighted by Gasteiger charge is -2.36. The first kappa shape index (κ1) is 26.7. The smallest absolute Gasteiger partial charge is 0.287 e. The van der Waals surface area contributed by atoms with Gasteiger partial charge in [-0.25, -0.2) is 0 Å². The topological polar surface area (TPSA) is 105 Å². The minimum Gasteiger partial charge on any atom is -0.496 e. The van der Waals surface area contributed by atoms with Crippen LogP contribution in [0.25, 0.3) is 10.1 Å². The summed E-state index contributed by atoms with van der Waals surface area (Å²) in [6.07, 6.45) is 0. The van der Waals surface area contributed by atoms with Crippen LogP contribution < -0.4 is 15.0 Å². The second-order valence-electron chi connectivity index (χ2n) is 8.78. The van der Waals surface area contributed by atoms with E-state index in [1.165, 1.54) is 13.2 Å². The van der Waals surface area contributed by atoms with Gasteiger partial charge in [0.1, 0.15) is 15.3 Å². The van der Waals surface area contributed by atoms with Gasteiger partial charge in [-0.05, 0) is 42.5 Å². The van der Waals surface area contributed by atoms with Gasteiger partial charge in [0.25, 0.3) is 17.5 Å². The number of nitrogens with one attached hydrogen (secondary N) is 1. The summed E-state index contributed by atoms with van der Waals surface area (Å²) >= 11 is 13.5. The molecule has 0 atom stereocenters. The summed E-state index contributed by atoms with van der Waals surface area (Å²) in [6.45, 7) is 2.33.